The Hall–Kier alpha value is -2.94. The molecule has 0 fully saturated rings. The van der Waals surface area contributed by atoms with Crippen molar-refractivity contribution >= 4 is 49.7 Å². The number of carbonyl (C=O) groups is 1. The molecule has 3 aromatic rings. The maximum absolute atomic E-state index is 12.3. The molecule has 0 bridgehead atoms. The van der Waals surface area contributed by atoms with E-state index in [0.29, 0.717) is 11.1 Å². The van der Waals surface area contributed by atoms with Gasteiger partial charge in [0.25, 0.3) is 5.91 Å². The summed E-state index contributed by atoms with van der Waals surface area (Å²) in [7, 11) is -4.28. The molecule has 0 heterocycles. The van der Waals surface area contributed by atoms with Crippen molar-refractivity contribution in [3.63, 3.8) is 0 Å². The molecule has 0 spiro atoms. The van der Waals surface area contributed by atoms with E-state index in [1.165, 1.54) is 0 Å². The molecule has 0 saturated heterocycles. The number of sulfonamides is 1. The van der Waals surface area contributed by atoms with E-state index in [2.05, 4.69) is 15.9 Å². The highest BCUT2D eigenvalue weighted by molar-refractivity contribution is 9.10. The third-order valence-corrected chi connectivity index (χ3v) is 5.83. The molecule has 8 heteroatoms. The van der Waals surface area contributed by atoms with Crippen LogP contribution in [0.3, 0.4) is 0 Å². The Labute approximate surface area is 177 Å². The lowest BCUT2D eigenvalue weighted by molar-refractivity contribution is 0.0998. The van der Waals surface area contributed by atoms with Crippen molar-refractivity contribution in [2.24, 2.45) is 10.9 Å². The van der Waals surface area contributed by atoms with Gasteiger partial charge in [0.05, 0.1) is 11.3 Å². The minimum absolute atomic E-state index is 0.0338. The highest BCUT2D eigenvalue weighted by Gasteiger charge is 2.26. The quantitative estimate of drug-likeness (QED) is 0.387. The fourth-order valence-corrected chi connectivity index (χ4v) is 4.21. The van der Waals surface area contributed by atoms with Crippen LogP contribution < -0.4 is 16.6 Å². The molecule has 3 rings (SSSR count). The van der Waals surface area contributed by atoms with Gasteiger partial charge in [-0.15, -0.1) is 0 Å². The van der Waals surface area contributed by atoms with Crippen LogP contribution in [0.4, 0.5) is 5.69 Å². The fourth-order valence-electron chi connectivity index (χ4n) is 2.99. The van der Waals surface area contributed by atoms with E-state index in [1.807, 2.05) is 42.5 Å². The van der Waals surface area contributed by atoms with Crippen LogP contribution in [-0.4, -0.2) is 14.3 Å². The number of amides is 1. The molecular formula is C21H18BrN3O3S. The SMILES string of the molecule is NC(=O)c1c(N)c(-c2ccccc2)cc(/C=C/c2ccc(Br)cc2)c1S(N)(=O)=O. The maximum Gasteiger partial charge on any atom is 0.252 e. The molecule has 6 nitrogen and oxygen atoms in total. The maximum atomic E-state index is 12.3. The van der Waals surface area contributed by atoms with E-state index < -0.39 is 20.8 Å². The summed E-state index contributed by atoms with van der Waals surface area (Å²) < 4.78 is 25.5. The first kappa shape index (κ1) is 20.8. The van der Waals surface area contributed by atoms with E-state index in [4.69, 9.17) is 16.6 Å². The summed E-state index contributed by atoms with van der Waals surface area (Å²) >= 11 is 3.36. The average molecular weight is 472 g/mol. The minimum Gasteiger partial charge on any atom is -0.398 e. The molecule has 0 radical (unpaired) electrons. The molecule has 0 saturated carbocycles. The Morgan fingerprint density at radius 3 is 2.14 bits per heavy atom. The predicted octanol–water partition coefficient (Wildman–Crippen LogP) is 3.62. The lowest BCUT2D eigenvalue weighted by Crippen LogP contribution is -2.23. The first-order valence-corrected chi connectivity index (χ1v) is 10.8. The molecule has 148 valence electrons. The second-order valence-corrected chi connectivity index (χ2v) is 8.71. The third kappa shape index (κ3) is 4.56. The normalized spacial score (nSPS) is 11.7. The number of carbonyl (C=O) groups excluding carboxylic acids is 1. The van der Waals surface area contributed by atoms with E-state index in [0.717, 1.165) is 10.0 Å². The molecule has 0 aliphatic rings. The van der Waals surface area contributed by atoms with Crippen molar-refractivity contribution in [1.82, 2.24) is 0 Å². The van der Waals surface area contributed by atoms with Gasteiger partial charge in [0.2, 0.25) is 10.0 Å². The van der Waals surface area contributed by atoms with Gasteiger partial charge in [-0.3, -0.25) is 4.79 Å². The number of primary amides is 1. The van der Waals surface area contributed by atoms with Crippen LogP contribution >= 0.6 is 15.9 Å². The highest BCUT2D eigenvalue weighted by atomic mass is 79.9. The average Bonchev–Trinajstić information content (AvgIpc) is 2.67. The van der Waals surface area contributed by atoms with Gasteiger partial charge in [0.15, 0.2) is 0 Å². The van der Waals surface area contributed by atoms with E-state index in [9.17, 15) is 13.2 Å². The first-order chi connectivity index (χ1) is 13.7. The second kappa shape index (κ2) is 8.20. The van der Waals surface area contributed by atoms with Crippen LogP contribution in [0.5, 0.6) is 0 Å². The van der Waals surface area contributed by atoms with Crippen LogP contribution in [0, 0.1) is 0 Å². The third-order valence-electron chi connectivity index (χ3n) is 4.29. The lowest BCUT2D eigenvalue weighted by Gasteiger charge is -2.16. The Kier molecular flexibility index (Phi) is 5.88. The highest BCUT2D eigenvalue weighted by Crippen LogP contribution is 2.36. The number of hydrogen-bond acceptors (Lipinski definition) is 4. The predicted molar refractivity (Wildman–Crippen MR) is 119 cm³/mol. The van der Waals surface area contributed by atoms with E-state index >= 15 is 0 Å². The summed E-state index contributed by atoms with van der Waals surface area (Å²) in [6.45, 7) is 0. The Bertz CT molecular complexity index is 1210. The zero-order valence-electron chi connectivity index (χ0n) is 15.2. The number of halogens is 1. The monoisotopic (exact) mass is 471 g/mol. The largest absolute Gasteiger partial charge is 0.398 e. The molecule has 0 aromatic heterocycles. The summed E-state index contributed by atoms with van der Waals surface area (Å²) in [4.78, 5) is 11.7. The lowest BCUT2D eigenvalue weighted by atomic mass is 9.96. The number of nitrogen functional groups attached to an aromatic ring is 1. The van der Waals surface area contributed by atoms with Gasteiger partial charge in [0.1, 0.15) is 4.90 Å². The summed E-state index contributed by atoms with van der Waals surface area (Å²) in [5.74, 6) is -0.970. The summed E-state index contributed by atoms with van der Waals surface area (Å²) in [6.07, 6.45) is 3.29. The van der Waals surface area contributed by atoms with Crippen molar-refractivity contribution in [3.05, 3.63) is 81.8 Å². The van der Waals surface area contributed by atoms with Gasteiger partial charge in [0, 0.05) is 10.0 Å². The first-order valence-electron chi connectivity index (χ1n) is 8.46. The number of rotatable bonds is 5. The van der Waals surface area contributed by atoms with Gasteiger partial charge in [-0.2, -0.15) is 0 Å². The smallest absolute Gasteiger partial charge is 0.252 e. The zero-order chi connectivity index (χ0) is 21.2. The second-order valence-electron chi connectivity index (χ2n) is 6.29. The van der Waals surface area contributed by atoms with Gasteiger partial charge in [-0.25, -0.2) is 13.6 Å². The van der Waals surface area contributed by atoms with Crippen LogP contribution in [0.25, 0.3) is 23.3 Å². The van der Waals surface area contributed by atoms with Gasteiger partial charge < -0.3 is 11.5 Å². The van der Waals surface area contributed by atoms with Crippen LogP contribution in [-0.2, 0) is 10.0 Å². The van der Waals surface area contributed by atoms with Crippen LogP contribution in [0.1, 0.15) is 21.5 Å². The zero-order valence-corrected chi connectivity index (χ0v) is 17.6. The molecule has 3 aromatic carbocycles. The Morgan fingerprint density at radius 2 is 1.59 bits per heavy atom. The molecule has 0 aliphatic heterocycles. The van der Waals surface area contributed by atoms with Crippen molar-refractivity contribution in [1.29, 1.82) is 0 Å². The van der Waals surface area contributed by atoms with Crippen molar-refractivity contribution < 1.29 is 13.2 Å². The number of anilines is 1. The Balaban J connectivity index is 2.31. The molecule has 0 unspecified atom stereocenters. The van der Waals surface area contributed by atoms with Crippen molar-refractivity contribution in [2.45, 2.75) is 4.90 Å². The van der Waals surface area contributed by atoms with Gasteiger partial charge in [-0.05, 0) is 34.9 Å². The summed E-state index contributed by atoms with van der Waals surface area (Å²) in [5, 5.41) is 5.41. The van der Waals surface area contributed by atoms with Crippen LogP contribution in [0.15, 0.2) is 70.0 Å². The van der Waals surface area contributed by atoms with Gasteiger partial charge in [-0.1, -0.05) is 70.5 Å². The van der Waals surface area contributed by atoms with Crippen molar-refractivity contribution in [2.75, 3.05) is 5.73 Å². The molecule has 29 heavy (non-hydrogen) atoms. The van der Waals surface area contributed by atoms with E-state index in [1.54, 1.807) is 30.4 Å². The van der Waals surface area contributed by atoms with Crippen molar-refractivity contribution in [3.8, 4) is 11.1 Å². The molecule has 1 amide bonds. The van der Waals surface area contributed by atoms with Gasteiger partial charge >= 0.3 is 0 Å². The Morgan fingerprint density at radius 1 is 0.966 bits per heavy atom. The summed E-state index contributed by atoms with van der Waals surface area (Å²) in [5.41, 5.74) is 13.5. The molecule has 0 aliphatic carbocycles. The number of benzene rings is 3. The fraction of sp³-hybridized carbons (Fsp3) is 0. The molecular weight excluding hydrogens is 454 g/mol. The minimum atomic E-state index is -4.28. The standard InChI is InChI=1S/C21H18BrN3O3S/c22-16-10-7-13(8-11-16)6-9-15-12-17(14-4-2-1-3-5-14)19(23)18(21(24)26)20(15)29(25,27)28/h1-12H,23H2,(H2,24,26)(H2,25,27,28)/b9-6+. The molecule has 6 N–H and O–H groups in total. The number of nitrogens with two attached hydrogens (primary N) is 3. The van der Waals surface area contributed by atoms with E-state index in [-0.39, 0.29) is 16.8 Å². The number of primary sulfonamides is 1. The topological polar surface area (TPSA) is 129 Å². The number of hydrogen-bond donors (Lipinski definition) is 3. The van der Waals surface area contributed by atoms with Crippen LogP contribution in [0.2, 0.25) is 0 Å². The summed E-state index contributed by atoms with van der Waals surface area (Å²) in [6, 6.07) is 18.1. The molecule has 0 atom stereocenters.